The van der Waals surface area contributed by atoms with E-state index in [1.54, 1.807) is 0 Å². The Morgan fingerprint density at radius 2 is 2.06 bits per heavy atom. The third-order valence-electron chi connectivity index (χ3n) is 3.29. The predicted octanol–water partition coefficient (Wildman–Crippen LogP) is 4.15. The number of halogens is 1. The Labute approximate surface area is 104 Å². The lowest BCUT2D eigenvalue weighted by atomic mass is 9.87. The molecule has 0 aromatic carbocycles. The number of carboxylic acids is 1. The van der Waals surface area contributed by atoms with Crippen LogP contribution in [0, 0.1) is 5.92 Å². The lowest BCUT2D eigenvalue weighted by molar-refractivity contribution is -0.142. The smallest absolute Gasteiger partial charge is 0.307 e. The zero-order valence-corrected chi connectivity index (χ0v) is 10.6. The normalized spacial score (nSPS) is 26.3. The molecule has 1 N–H and O–H groups in total. The zero-order chi connectivity index (χ0) is 11.5. The highest BCUT2D eigenvalue weighted by atomic mass is 35.5. The summed E-state index contributed by atoms with van der Waals surface area (Å²) in [6.45, 7) is 0. The summed E-state index contributed by atoms with van der Waals surface area (Å²) in [5.41, 5.74) is 0. The Hall–Kier alpha value is -0.540. The van der Waals surface area contributed by atoms with Crippen molar-refractivity contribution in [2.45, 2.75) is 38.0 Å². The molecule has 1 aromatic heterocycles. The standard InChI is InChI=1S/C12H15ClO2S/c13-11-7-6-10(16-11)8-4-2-1-3-5-9(8)12(14)15/h6-9H,1-5H2,(H,14,15). The van der Waals surface area contributed by atoms with Crippen LogP contribution in [0.1, 0.15) is 42.9 Å². The molecule has 1 aromatic rings. The van der Waals surface area contributed by atoms with Crippen LogP contribution >= 0.6 is 22.9 Å². The van der Waals surface area contributed by atoms with E-state index >= 15 is 0 Å². The molecule has 0 saturated heterocycles. The molecule has 1 saturated carbocycles. The Morgan fingerprint density at radius 1 is 1.31 bits per heavy atom. The van der Waals surface area contributed by atoms with Gasteiger partial charge >= 0.3 is 5.97 Å². The van der Waals surface area contributed by atoms with E-state index in [1.807, 2.05) is 12.1 Å². The topological polar surface area (TPSA) is 37.3 Å². The molecule has 16 heavy (non-hydrogen) atoms. The van der Waals surface area contributed by atoms with Gasteiger partial charge in [-0.05, 0) is 25.0 Å². The molecule has 2 unspecified atom stereocenters. The van der Waals surface area contributed by atoms with Crippen LogP contribution in [-0.4, -0.2) is 11.1 Å². The minimum atomic E-state index is -0.656. The molecule has 88 valence electrons. The van der Waals surface area contributed by atoms with E-state index < -0.39 is 5.97 Å². The summed E-state index contributed by atoms with van der Waals surface area (Å²) in [6.07, 6.45) is 5.10. The van der Waals surface area contributed by atoms with Crippen LogP contribution in [0.25, 0.3) is 0 Å². The molecule has 1 aliphatic rings. The van der Waals surface area contributed by atoms with Crippen molar-refractivity contribution in [3.8, 4) is 0 Å². The average Bonchev–Trinajstić information content (AvgIpc) is 2.54. The fraction of sp³-hybridized carbons (Fsp3) is 0.583. The van der Waals surface area contributed by atoms with Gasteiger partial charge in [0.1, 0.15) is 0 Å². The van der Waals surface area contributed by atoms with Crippen molar-refractivity contribution in [3.05, 3.63) is 21.3 Å². The molecular formula is C12H15ClO2S. The lowest BCUT2D eigenvalue weighted by Crippen LogP contribution is -2.20. The van der Waals surface area contributed by atoms with Crippen molar-refractivity contribution in [1.29, 1.82) is 0 Å². The van der Waals surface area contributed by atoms with Crippen LogP contribution < -0.4 is 0 Å². The maximum atomic E-state index is 11.3. The third-order valence-corrected chi connectivity index (χ3v) is 4.66. The highest BCUT2D eigenvalue weighted by molar-refractivity contribution is 7.16. The highest BCUT2D eigenvalue weighted by Gasteiger charge is 2.31. The summed E-state index contributed by atoms with van der Waals surface area (Å²) < 4.78 is 0.753. The summed E-state index contributed by atoms with van der Waals surface area (Å²) in [5.74, 6) is -0.717. The Balaban J connectivity index is 2.23. The fourth-order valence-corrected chi connectivity index (χ4v) is 3.73. The monoisotopic (exact) mass is 258 g/mol. The van der Waals surface area contributed by atoms with E-state index in [2.05, 4.69) is 0 Å². The maximum absolute atomic E-state index is 11.3. The van der Waals surface area contributed by atoms with Crippen LogP contribution in [0.15, 0.2) is 12.1 Å². The van der Waals surface area contributed by atoms with Crippen LogP contribution in [0.4, 0.5) is 0 Å². The lowest BCUT2D eigenvalue weighted by Gasteiger charge is -2.19. The number of hydrogen-bond acceptors (Lipinski definition) is 2. The number of carbonyl (C=O) groups is 1. The first-order chi connectivity index (χ1) is 7.68. The molecule has 0 radical (unpaired) electrons. The van der Waals surface area contributed by atoms with E-state index in [0.29, 0.717) is 0 Å². The molecule has 1 heterocycles. The largest absolute Gasteiger partial charge is 0.481 e. The molecule has 0 aliphatic heterocycles. The van der Waals surface area contributed by atoms with Crippen molar-refractivity contribution >= 4 is 28.9 Å². The van der Waals surface area contributed by atoms with Crippen LogP contribution in [0.2, 0.25) is 4.34 Å². The van der Waals surface area contributed by atoms with Gasteiger partial charge in [0, 0.05) is 10.8 Å². The molecule has 2 rings (SSSR count). The number of hydrogen-bond donors (Lipinski definition) is 1. The molecule has 0 amide bonds. The van der Waals surface area contributed by atoms with Crippen molar-refractivity contribution < 1.29 is 9.90 Å². The predicted molar refractivity (Wildman–Crippen MR) is 66.3 cm³/mol. The van der Waals surface area contributed by atoms with Crippen LogP contribution in [-0.2, 0) is 4.79 Å². The first-order valence-electron chi connectivity index (χ1n) is 5.66. The Kier molecular flexibility index (Phi) is 3.87. The van der Waals surface area contributed by atoms with E-state index in [-0.39, 0.29) is 11.8 Å². The van der Waals surface area contributed by atoms with Gasteiger partial charge in [-0.15, -0.1) is 11.3 Å². The Bertz CT molecular complexity index is 375. The van der Waals surface area contributed by atoms with Gasteiger partial charge in [-0.3, -0.25) is 4.79 Å². The quantitative estimate of drug-likeness (QED) is 0.809. The van der Waals surface area contributed by atoms with E-state index in [9.17, 15) is 9.90 Å². The van der Waals surface area contributed by atoms with Crippen molar-refractivity contribution in [2.24, 2.45) is 5.92 Å². The van der Waals surface area contributed by atoms with Gasteiger partial charge in [-0.2, -0.15) is 0 Å². The van der Waals surface area contributed by atoms with Gasteiger partial charge in [-0.25, -0.2) is 0 Å². The van der Waals surface area contributed by atoms with Gasteiger partial charge in [0.2, 0.25) is 0 Å². The summed E-state index contributed by atoms with van der Waals surface area (Å²) in [5, 5.41) is 9.27. The highest BCUT2D eigenvalue weighted by Crippen LogP contribution is 2.40. The minimum Gasteiger partial charge on any atom is -0.481 e. The summed E-state index contributed by atoms with van der Waals surface area (Å²) >= 11 is 7.45. The first kappa shape index (κ1) is 11.9. The molecule has 1 aliphatic carbocycles. The molecular weight excluding hydrogens is 244 g/mol. The second-order valence-corrected chi connectivity index (χ2v) is 6.08. The van der Waals surface area contributed by atoms with Gasteiger partial charge in [0.25, 0.3) is 0 Å². The number of rotatable bonds is 2. The number of aliphatic carboxylic acids is 1. The molecule has 4 heteroatoms. The van der Waals surface area contributed by atoms with Crippen LogP contribution in [0.5, 0.6) is 0 Å². The molecule has 2 nitrogen and oxygen atoms in total. The SMILES string of the molecule is O=C(O)C1CCCCCC1c1ccc(Cl)s1. The third kappa shape index (κ3) is 2.58. The Morgan fingerprint density at radius 3 is 2.69 bits per heavy atom. The molecule has 1 fully saturated rings. The van der Waals surface area contributed by atoms with Gasteiger partial charge in [0.15, 0.2) is 0 Å². The summed E-state index contributed by atoms with van der Waals surface area (Å²) in [6, 6.07) is 3.85. The number of carboxylic acid groups (broad SMARTS) is 1. The van der Waals surface area contributed by atoms with E-state index in [4.69, 9.17) is 11.6 Å². The van der Waals surface area contributed by atoms with Crippen LogP contribution in [0.3, 0.4) is 0 Å². The van der Waals surface area contributed by atoms with Gasteiger partial charge in [0.05, 0.1) is 10.3 Å². The van der Waals surface area contributed by atoms with Crippen molar-refractivity contribution in [3.63, 3.8) is 0 Å². The van der Waals surface area contributed by atoms with Gasteiger partial charge < -0.3 is 5.11 Å². The molecule has 2 atom stereocenters. The second-order valence-electron chi connectivity index (χ2n) is 4.33. The van der Waals surface area contributed by atoms with E-state index in [0.717, 1.165) is 41.3 Å². The van der Waals surface area contributed by atoms with Crippen molar-refractivity contribution in [1.82, 2.24) is 0 Å². The first-order valence-corrected chi connectivity index (χ1v) is 6.86. The summed E-state index contributed by atoms with van der Waals surface area (Å²) in [4.78, 5) is 12.4. The fourth-order valence-electron chi connectivity index (χ4n) is 2.47. The van der Waals surface area contributed by atoms with Crippen molar-refractivity contribution in [2.75, 3.05) is 0 Å². The maximum Gasteiger partial charge on any atom is 0.307 e. The molecule has 0 spiro atoms. The summed E-state index contributed by atoms with van der Waals surface area (Å²) in [7, 11) is 0. The minimum absolute atomic E-state index is 0.164. The zero-order valence-electron chi connectivity index (χ0n) is 8.99. The van der Waals surface area contributed by atoms with Gasteiger partial charge in [-0.1, -0.05) is 30.9 Å². The second kappa shape index (κ2) is 5.19. The van der Waals surface area contributed by atoms with E-state index in [1.165, 1.54) is 11.3 Å². The number of thiophene rings is 1. The average molecular weight is 259 g/mol. The molecule has 0 bridgehead atoms.